The van der Waals surface area contributed by atoms with Gasteiger partial charge in [0.2, 0.25) is 0 Å². The molecular weight excluding hydrogens is 266 g/mol. The predicted octanol–water partition coefficient (Wildman–Crippen LogP) is 4.19. The van der Waals surface area contributed by atoms with Crippen molar-refractivity contribution in [2.24, 2.45) is 0 Å². The van der Waals surface area contributed by atoms with Gasteiger partial charge in [-0.15, -0.1) is 11.3 Å². The Morgan fingerprint density at radius 1 is 1.28 bits per heavy atom. The molecule has 18 heavy (non-hydrogen) atoms. The number of halogens is 1. The van der Waals surface area contributed by atoms with Gasteiger partial charge in [0, 0.05) is 11.4 Å². The van der Waals surface area contributed by atoms with Crippen LogP contribution in [0, 0.1) is 0 Å². The van der Waals surface area contributed by atoms with E-state index in [9.17, 15) is 0 Å². The fourth-order valence-corrected chi connectivity index (χ4v) is 2.91. The minimum atomic E-state index is 0.815. The van der Waals surface area contributed by atoms with Crippen LogP contribution < -0.4 is 10.1 Å². The molecule has 0 atom stereocenters. The van der Waals surface area contributed by atoms with Crippen molar-refractivity contribution < 1.29 is 4.74 Å². The van der Waals surface area contributed by atoms with Gasteiger partial charge < -0.3 is 10.1 Å². The van der Waals surface area contributed by atoms with E-state index in [1.54, 1.807) is 18.4 Å². The second-order valence-corrected chi connectivity index (χ2v) is 5.62. The Bertz CT molecular complexity index is 524. The first-order valence-electron chi connectivity index (χ1n) is 5.88. The zero-order chi connectivity index (χ0) is 13.0. The summed E-state index contributed by atoms with van der Waals surface area (Å²) in [5.74, 6) is 0.884. The number of rotatable bonds is 5. The molecule has 0 radical (unpaired) electrons. The predicted molar refractivity (Wildman–Crippen MR) is 78.7 cm³/mol. The molecule has 1 aromatic carbocycles. The molecule has 0 saturated carbocycles. The van der Waals surface area contributed by atoms with Crippen LogP contribution in [0.2, 0.25) is 4.34 Å². The summed E-state index contributed by atoms with van der Waals surface area (Å²) in [5.41, 5.74) is 2.45. The van der Waals surface area contributed by atoms with E-state index < -0.39 is 0 Å². The van der Waals surface area contributed by atoms with Crippen molar-refractivity contribution in [3.05, 3.63) is 40.2 Å². The first-order valence-corrected chi connectivity index (χ1v) is 7.07. The highest BCUT2D eigenvalue weighted by Gasteiger charge is 2.08. The van der Waals surface area contributed by atoms with Crippen molar-refractivity contribution in [2.75, 3.05) is 13.7 Å². The van der Waals surface area contributed by atoms with Gasteiger partial charge in [0.05, 0.1) is 11.4 Å². The van der Waals surface area contributed by atoms with Gasteiger partial charge in [-0.1, -0.05) is 18.5 Å². The summed E-state index contributed by atoms with van der Waals surface area (Å²) in [4.78, 5) is 1.19. The summed E-state index contributed by atoms with van der Waals surface area (Å²) >= 11 is 7.60. The lowest BCUT2D eigenvalue weighted by Crippen LogP contribution is -2.12. The lowest BCUT2D eigenvalue weighted by Gasteiger charge is -2.10. The molecule has 0 aliphatic heterocycles. The Kier molecular flexibility index (Phi) is 4.64. The van der Waals surface area contributed by atoms with E-state index in [1.807, 2.05) is 12.1 Å². The molecule has 0 amide bonds. The Balaban J connectivity index is 2.38. The lowest BCUT2D eigenvalue weighted by molar-refractivity contribution is 0.414. The number of hydrogen-bond acceptors (Lipinski definition) is 3. The van der Waals surface area contributed by atoms with E-state index in [-0.39, 0.29) is 0 Å². The average molecular weight is 282 g/mol. The number of nitrogens with one attached hydrogen (secondary N) is 1. The van der Waals surface area contributed by atoms with Crippen LogP contribution in [-0.2, 0) is 6.54 Å². The number of methoxy groups -OCH3 is 1. The van der Waals surface area contributed by atoms with Crippen LogP contribution in [0.4, 0.5) is 0 Å². The smallest absolute Gasteiger partial charge is 0.119 e. The maximum absolute atomic E-state index is 6.00. The van der Waals surface area contributed by atoms with Gasteiger partial charge in [-0.2, -0.15) is 0 Å². The van der Waals surface area contributed by atoms with Crippen molar-refractivity contribution >= 4 is 22.9 Å². The van der Waals surface area contributed by atoms with Crippen molar-refractivity contribution in [1.82, 2.24) is 5.32 Å². The molecule has 1 heterocycles. The van der Waals surface area contributed by atoms with E-state index in [2.05, 4.69) is 30.4 Å². The first-order chi connectivity index (χ1) is 8.74. The molecule has 0 fully saturated rings. The molecule has 1 N–H and O–H groups in total. The van der Waals surface area contributed by atoms with Crippen LogP contribution in [-0.4, -0.2) is 13.7 Å². The molecule has 96 valence electrons. The molecule has 0 saturated heterocycles. The van der Waals surface area contributed by atoms with Gasteiger partial charge >= 0.3 is 0 Å². The monoisotopic (exact) mass is 281 g/mol. The van der Waals surface area contributed by atoms with Crippen LogP contribution in [0.1, 0.15) is 12.5 Å². The van der Waals surface area contributed by atoms with Crippen molar-refractivity contribution in [3.8, 4) is 16.2 Å². The Morgan fingerprint density at radius 2 is 2.11 bits per heavy atom. The van der Waals surface area contributed by atoms with Gasteiger partial charge in [-0.3, -0.25) is 0 Å². The third kappa shape index (κ3) is 3.05. The topological polar surface area (TPSA) is 21.3 Å². The quantitative estimate of drug-likeness (QED) is 0.887. The van der Waals surface area contributed by atoms with Crippen molar-refractivity contribution in [1.29, 1.82) is 0 Å². The molecule has 0 aliphatic carbocycles. The van der Waals surface area contributed by atoms with Crippen LogP contribution in [0.15, 0.2) is 30.3 Å². The van der Waals surface area contributed by atoms with Crippen LogP contribution in [0.25, 0.3) is 10.4 Å². The number of thiophene rings is 1. The highest BCUT2D eigenvalue weighted by Crippen LogP contribution is 2.34. The summed E-state index contributed by atoms with van der Waals surface area (Å²) in [5, 5.41) is 3.35. The van der Waals surface area contributed by atoms with Gasteiger partial charge in [0.25, 0.3) is 0 Å². The zero-order valence-corrected chi connectivity index (χ0v) is 12.1. The van der Waals surface area contributed by atoms with Crippen molar-refractivity contribution in [2.45, 2.75) is 13.5 Å². The van der Waals surface area contributed by atoms with Crippen LogP contribution >= 0.6 is 22.9 Å². The number of ether oxygens (including phenoxy) is 1. The minimum Gasteiger partial charge on any atom is -0.497 e. The highest BCUT2D eigenvalue weighted by atomic mass is 35.5. The van der Waals surface area contributed by atoms with Gasteiger partial charge in [-0.25, -0.2) is 0 Å². The molecule has 0 spiro atoms. The van der Waals surface area contributed by atoms with E-state index in [0.29, 0.717) is 0 Å². The maximum Gasteiger partial charge on any atom is 0.119 e. The molecular formula is C14H16ClNOS. The third-order valence-corrected chi connectivity index (χ3v) is 3.98. The third-order valence-electron chi connectivity index (χ3n) is 2.72. The van der Waals surface area contributed by atoms with Gasteiger partial charge in [-0.05, 0) is 48.0 Å². The lowest BCUT2D eigenvalue weighted by atomic mass is 10.1. The molecule has 0 bridgehead atoms. The number of benzene rings is 1. The SMILES string of the molecule is CCNCc1cc(OC)ccc1-c1ccc(Cl)s1. The zero-order valence-electron chi connectivity index (χ0n) is 10.5. The maximum atomic E-state index is 6.00. The fraction of sp³-hybridized carbons (Fsp3) is 0.286. The molecule has 4 heteroatoms. The first kappa shape index (κ1) is 13.4. The molecule has 0 aliphatic rings. The second kappa shape index (κ2) is 6.23. The summed E-state index contributed by atoms with van der Waals surface area (Å²) in [6, 6.07) is 10.1. The largest absolute Gasteiger partial charge is 0.497 e. The molecule has 2 aromatic rings. The Morgan fingerprint density at radius 3 is 2.72 bits per heavy atom. The van der Waals surface area contributed by atoms with Gasteiger partial charge in [0.1, 0.15) is 5.75 Å². The molecule has 1 aromatic heterocycles. The molecule has 0 unspecified atom stereocenters. The summed E-state index contributed by atoms with van der Waals surface area (Å²) in [6.45, 7) is 3.88. The summed E-state index contributed by atoms with van der Waals surface area (Å²) < 4.78 is 6.10. The van der Waals surface area contributed by atoms with Crippen molar-refractivity contribution in [3.63, 3.8) is 0 Å². The van der Waals surface area contributed by atoms with Crippen LogP contribution in [0.5, 0.6) is 5.75 Å². The van der Waals surface area contributed by atoms with E-state index in [1.165, 1.54) is 16.0 Å². The molecule has 2 nitrogen and oxygen atoms in total. The van der Waals surface area contributed by atoms with E-state index >= 15 is 0 Å². The second-order valence-electron chi connectivity index (χ2n) is 3.91. The fourth-order valence-electron chi connectivity index (χ4n) is 1.80. The molecule has 2 rings (SSSR count). The summed E-state index contributed by atoms with van der Waals surface area (Å²) in [6.07, 6.45) is 0. The average Bonchev–Trinajstić information content (AvgIpc) is 2.82. The highest BCUT2D eigenvalue weighted by molar-refractivity contribution is 7.19. The normalized spacial score (nSPS) is 10.6. The minimum absolute atomic E-state index is 0.815. The Labute approximate surface area is 117 Å². The Hall–Kier alpha value is -1.03. The van der Waals surface area contributed by atoms with Crippen LogP contribution in [0.3, 0.4) is 0 Å². The van der Waals surface area contributed by atoms with E-state index in [0.717, 1.165) is 23.2 Å². The number of hydrogen-bond donors (Lipinski definition) is 1. The summed E-state index contributed by atoms with van der Waals surface area (Å²) in [7, 11) is 1.69. The van der Waals surface area contributed by atoms with E-state index in [4.69, 9.17) is 16.3 Å². The van der Waals surface area contributed by atoms with Gasteiger partial charge in [0.15, 0.2) is 0 Å². The standard InChI is InChI=1S/C14H16ClNOS/c1-3-16-9-10-8-11(17-2)4-5-12(10)13-6-7-14(15)18-13/h4-8,16H,3,9H2,1-2H3.